The molecule has 1 aliphatic rings. The normalized spacial score (nSPS) is 14.4. The highest BCUT2D eigenvalue weighted by Crippen LogP contribution is 2.37. The van der Waals surface area contributed by atoms with Crippen molar-refractivity contribution in [3.8, 4) is 11.8 Å². The highest BCUT2D eigenvalue weighted by atomic mass is 16.5. The van der Waals surface area contributed by atoms with Gasteiger partial charge in [-0.15, -0.1) is 0 Å². The van der Waals surface area contributed by atoms with Gasteiger partial charge in [0, 0.05) is 29.2 Å². The molecule has 4 rings (SSSR count). The molecule has 32 heavy (non-hydrogen) atoms. The lowest BCUT2D eigenvalue weighted by atomic mass is 9.95. The third-order valence-electron chi connectivity index (χ3n) is 6.49. The Bertz CT molecular complexity index is 1160. The van der Waals surface area contributed by atoms with Gasteiger partial charge in [0.1, 0.15) is 17.4 Å². The fourth-order valence-electron chi connectivity index (χ4n) is 4.90. The van der Waals surface area contributed by atoms with Crippen molar-refractivity contribution < 1.29 is 9.53 Å². The lowest BCUT2D eigenvalue weighted by molar-refractivity contribution is 0.0954. The summed E-state index contributed by atoms with van der Waals surface area (Å²) in [7, 11) is 1.64. The predicted molar refractivity (Wildman–Crippen MR) is 124 cm³/mol. The Morgan fingerprint density at radius 1 is 1.38 bits per heavy atom. The second-order valence-electron chi connectivity index (χ2n) is 8.44. The SMILES string of the molecule is COc1ccc2c(c1)c(C(=O)NCCCc1[nH]nc(N)c1C#N)c(C)n2C1CCCCC1. The zero-order valence-electron chi connectivity index (χ0n) is 18.7. The standard InChI is InChI=1S/C24H30N6O2/c1-15-22(24(31)27-12-6-9-20-19(14-25)23(26)29-28-20)18-13-17(32-2)10-11-21(18)30(15)16-7-4-3-5-8-16/h10-11,13,16H,3-9,12H2,1-2H3,(H,27,31)(H3,26,28,29). The quantitative estimate of drug-likeness (QED) is 0.485. The number of benzene rings is 1. The molecular weight excluding hydrogens is 404 g/mol. The third kappa shape index (κ3) is 4.03. The molecule has 1 aliphatic carbocycles. The molecular formula is C24H30N6O2. The van der Waals surface area contributed by atoms with E-state index in [0.717, 1.165) is 35.2 Å². The molecule has 1 fully saturated rings. The molecule has 1 amide bonds. The van der Waals surface area contributed by atoms with Crippen molar-refractivity contribution in [3.63, 3.8) is 0 Å². The number of methoxy groups -OCH3 is 1. The van der Waals surface area contributed by atoms with Crippen molar-refractivity contribution in [3.05, 3.63) is 40.7 Å². The number of ether oxygens (including phenoxy) is 1. The summed E-state index contributed by atoms with van der Waals surface area (Å²) >= 11 is 0. The number of rotatable bonds is 7. The van der Waals surface area contributed by atoms with Crippen LogP contribution in [-0.4, -0.2) is 34.3 Å². The second-order valence-corrected chi connectivity index (χ2v) is 8.44. The minimum atomic E-state index is -0.0834. The van der Waals surface area contributed by atoms with Crippen LogP contribution in [0.3, 0.4) is 0 Å². The first-order chi connectivity index (χ1) is 15.5. The number of anilines is 1. The number of amides is 1. The second kappa shape index (κ2) is 9.35. The first-order valence-electron chi connectivity index (χ1n) is 11.2. The van der Waals surface area contributed by atoms with Gasteiger partial charge in [-0.25, -0.2) is 0 Å². The third-order valence-corrected chi connectivity index (χ3v) is 6.49. The lowest BCUT2D eigenvalue weighted by Gasteiger charge is -2.26. The molecule has 3 aromatic rings. The molecule has 2 heterocycles. The summed E-state index contributed by atoms with van der Waals surface area (Å²) in [5, 5.41) is 19.9. The Kier molecular flexibility index (Phi) is 6.35. The summed E-state index contributed by atoms with van der Waals surface area (Å²) in [6, 6.07) is 8.49. The van der Waals surface area contributed by atoms with E-state index >= 15 is 0 Å². The summed E-state index contributed by atoms with van der Waals surface area (Å²) < 4.78 is 7.79. The number of aromatic amines is 1. The molecule has 0 radical (unpaired) electrons. The molecule has 0 bridgehead atoms. The van der Waals surface area contributed by atoms with Crippen LogP contribution in [0.1, 0.15) is 71.9 Å². The minimum Gasteiger partial charge on any atom is -0.497 e. The Labute approximate surface area is 187 Å². The summed E-state index contributed by atoms with van der Waals surface area (Å²) in [6.07, 6.45) is 7.29. The summed E-state index contributed by atoms with van der Waals surface area (Å²) in [5.74, 6) is 0.875. The van der Waals surface area contributed by atoms with Crippen molar-refractivity contribution in [2.75, 3.05) is 19.4 Å². The number of hydrogen-bond donors (Lipinski definition) is 3. The van der Waals surface area contributed by atoms with E-state index < -0.39 is 0 Å². The molecule has 8 nitrogen and oxygen atoms in total. The maximum Gasteiger partial charge on any atom is 0.253 e. The van der Waals surface area contributed by atoms with Crippen LogP contribution in [0.5, 0.6) is 5.75 Å². The number of nitrogens with one attached hydrogen (secondary N) is 2. The van der Waals surface area contributed by atoms with Gasteiger partial charge in [-0.1, -0.05) is 19.3 Å². The molecule has 0 atom stereocenters. The van der Waals surface area contributed by atoms with Crippen molar-refractivity contribution >= 4 is 22.6 Å². The van der Waals surface area contributed by atoms with Crippen LogP contribution in [0.4, 0.5) is 5.82 Å². The van der Waals surface area contributed by atoms with E-state index in [-0.39, 0.29) is 11.7 Å². The molecule has 0 spiro atoms. The predicted octanol–water partition coefficient (Wildman–Crippen LogP) is 4.00. The Morgan fingerprint density at radius 2 is 2.16 bits per heavy atom. The zero-order chi connectivity index (χ0) is 22.7. The number of nitrogens with two attached hydrogens (primary N) is 1. The Morgan fingerprint density at radius 3 is 2.88 bits per heavy atom. The topological polar surface area (TPSA) is 122 Å². The van der Waals surface area contributed by atoms with E-state index in [1.54, 1.807) is 7.11 Å². The van der Waals surface area contributed by atoms with E-state index in [1.165, 1.54) is 19.3 Å². The van der Waals surface area contributed by atoms with Crippen LogP contribution in [0, 0.1) is 18.3 Å². The van der Waals surface area contributed by atoms with Crippen LogP contribution >= 0.6 is 0 Å². The average molecular weight is 435 g/mol. The molecule has 1 aromatic carbocycles. The van der Waals surface area contributed by atoms with E-state index in [9.17, 15) is 10.1 Å². The van der Waals surface area contributed by atoms with Crippen molar-refractivity contribution in [2.45, 2.75) is 57.9 Å². The zero-order valence-corrected chi connectivity index (χ0v) is 18.7. The van der Waals surface area contributed by atoms with E-state index in [1.807, 2.05) is 19.1 Å². The summed E-state index contributed by atoms with van der Waals surface area (Å²) in [4.78, 5) is 13.3. The lowest BCUT2D eigenvalue weighted by Crippen LogP contribution is -2.26. The van der Waals surface area contributed by atoms with Gasteiger partial charge in [-0.3, -0.25) is 9.89 Å². The van der Waals surface area contributed by atoms with Crippen LogP contribution in [0.15, 0.2) is 18.2 Å². The van der Waals surface area contributed by atoms with Crippen LogP contribution in [0.25, 0.3) is 10.9 Å². The van der Waals surface area contributed by atoms with Gasteiger partial charge in [0.05, 0.1) is 18.4 Å². The Balaban J connectivity index is 1.55. The van der Waals surface area contributed by atoms with Gasteiger partial charge in [0.15, 0.2) is 5.82 Å². The van der Waals surface area contributed by atoms with Gasteiger partial charge >= 0.3 is 0 Å². The maximum absolute atomic E-state index is 13.3. The number of aromatic nitrogens is 3. The first-order valence-corrected chi connectivity index (χ1v) is 11.2. The summed E-state index contributed by atoms with van der Waals surface area (Å²) in [6.45, 7) is 2.53. The fourth-order valence-corrected chi connectivity index (χ4v) is 4.90. The van der Waals surface area contributed by atoms with Crippen LogP contribution in [0.2, 0.25) is 0 Å². The van der Waals surface area contributed by atoms with E-state index in [4.69, 9.17) is 10.5 Å². The van der Waals surface area contributed by atoms with Gasteiger partial charge in [-0.2, -0.15) is 10.4 Å². The van der Waals surface area contributed by atoms with Gasteiger partial charge in [0.25, 0.3) is 5.91 Å². The first kappa shape index (κ1) is 21.8. The fraction of sp³-hybridized carbons (Fsp3) is 0.458. The number of aryl methyl sites for hydroxylation is 1. The average Bonchev–Trinajstić information content (AvgIpc) is 3.32. The molecule has 4 N–H and O–H groups in total. The molecule has 168 valence electrons. The number of carbonyl (C=O) groups is 1. The maximum atomic E-state index is 13.3. The molecule has 2 aromatic heterocycles. The number of nitrogens with zero attached hydrogens (tertiary/aromatic N) is 3. The van der Waals surface area contributed by atoms with E-state index in [0.29, 0.717) is 42.2 Å². The molecule has 0 unspecified atom stereocenters. The molecule has 0 aliphatic heterocycles. The van der Waals surface area contributed by atoms with E-state index in [2.05, 4.69) is 32.2 Å². The number of carbonyl (C=O) groups excluding carboxylic acids is 1. The highest BCUT2D eigenvalue weighted by Gasteiger charge is 2.25. The van der Waals surface area contributed by atoms with Crippen molar-refractivity contribution in [1.82, 2.24) is 20.1 Å². The molecule has 0 saturated heterocycles. The summed E-state index contributed by atoms with van der Waals surface area (Å²) in [5.41, 5.74) is 9.59. The smallest absolute Gasteiger partial charge is 0.253 e. The van der Waals surface area contributed by atoms with Crippen molar-refractivity contribution in [1.29, 1.82) is 5.26 Å². The number of hydrogen-bond acceptors (Lipinski definition) is 5. The van der Waals surface area contributed by atoms with Crippen molar-refractivity contribution in [2.24, 2.45) is 0 Å². The number of fused-ring (bicyclic) bond motifs is 1. The molecule has 1 saturated carbocycles. The number of nitrogen functional groups attached to an aromatic ring is 1. The van der Waals surface area contributed by atoms with Gasteiger partial charge in [0.2, 0.25) is 0 Å². The van der Waals surface area contributed by atoms with Crippen LogP contribution in [-0.2, 0) is 6.42 Å². The Hall–Kier alpha value is -3.47. The number of nitriles is 1. The highest BCUT2D eigenvalue weighted by molar-refractivity contribution is 6.08. The van der Waals surface area contributed by atoms with Gasteiger partial charge < -0.3 is 20.4 Å². The van der Waals surface area contributed by atoms with Gasteiger partial charge in [-0.05, 0) is 50.8 Å². The minimum absolute atomic E-state index is 0.0834. The van der Waals surface area contributed by atoms with Crippen LogP contribution < -0.4 is 15.8 Å². The number of H-pyrrole nitrogens is 1. The largest absolute Gasteiger partial charge is 0.497 e. The monoisotopic (exact) mass is 434 g/mol. The molecule has 8 heteroatoms.